The Labute approximate surface area is 558 Å². The van der Waals surface area contributed by atoms with E-state index in [0.29, 0.717) is 11.8 Å². The van der Waals surface area contributed by atoms with Gasteiger partial charge in [-0.05, 0) is 158 Å². The number of nitrogens with zero attached hydrogens (tertiary/aromatic N) is 12. The predicted molar refractivity (Wildman–Crippen MR) is 394 cm³/mol. The molecule has 0 N–H and O–H groups in total. The van der Waals surface area contributed by atoms with Crippen LogP contribution in [0.2, 0.25) is 0 Å². The first-order valence-electron chi connectivity index (χ1n) is 34.3. The summed E-state index contributed by atoms with van der Waals surface area (Å²) in [6, 6.07) is 70.7. The van der Waals surface area contributed by atoms with E-state index in [9.17, 15) is 0 Å². The summed E-state index contributed by atoms with van der Waals surface area (Å²) in [4.78, 5) is 32.4. The zero-order valence-electron chi connectivity index (χ0n) is 58.6. The molecule has 6 heterocycles. The van der Waals surface area contributed by atoms with Gasteiger partial charge in [0, 0.05) is 54.6 Å². The largest absolute Gasteiger partial charge is 0.345 e. The Balaban J connectivity index is 0.788. The highest BCUT2D eigenvalue weighted by molar-refractivity contribution is 5.87. The molecular formula is C82H96N12. The zero-order chi connectivity index (χ0) is 66.1. The lowest BCUT2D eigenvalue weighted by atomic mass is 9.90. The van der Waals surface area contributed by atoms with Crippen LogP contribution in [0.3, 0.4) is 0 Å². The van der Waals surface area contributed by atoms with Crippen LogP contribution in [-0.4, -0.2) is 71.2 Å². The second-order valence-corrected chi connectivity index (χ2v) is 30.4. The Hall–Kier alpha value is -9.03. The molecule has 3 aromatic heterocycles. The van der Waals surface area contributed by atoms with Gasteiger partial charge in [-0.3, -0.25) is 0 Å². The molecule has 94 heavy (non-hydrogen) atoms. The molecule has 12 heteroatoms. The van der Waals surface area contributed by atoms with E-state index in [1.165, 1.54) is 56.0 Å². The van der Waals surface area contributed by atoms with Crippen molar-refractivity contribution in [3.63, 3.8) is 0 Å². The summed E-state index contributed by atoms with van der Waals surface area (Å²) in [6.07, 6.45) is -0.0251. The number of hydrogen-bond acceptors (Lipinski definition) is 9. The summed E-state index contributed by atoms with van der Waals surface area (Å²) < 4.78 is 6.95. The van der Waals surface area contributed by atoms with E-state index in [0.717, 1.165) is 56.5 Å². The molecule has 9 atom stereocenters. The second kappa shape index (κ2) is 23.5. The van der Waals surface area contributed by atoms with Crippen molar-refractivity contribution in [1.82, 2.24) is 28.7 Å². The van der Waals surface area contributed by atoms with E-state index in [-0.39, 0.29) is 65.6 Å². The number of imidazole rings is 3. The monoisotopic (exact) mass is 1250 g/mol. The van der Waals surface area contributed by atoms with Crippen LogP contribution in [-0.2, 0) is 21.1 Å². The van der Waals surface area contributed by atoms with E-state index < -0.39 is 0 Å². The SMILES string of the molecule is Cc1cccc(C)c1C1N(c2ccc(-c3ccc4nc(N5C(C(C)(C)C)N(c6ccccc6)C(c6ccccc6)[C@@H]5C)n(C)c4c3)cc2)C(C(C)C)[C@H](C)N1c1nc2cc(-c3ccc(N4C(C(C)C)[C@H](C)N(c5nc6ccccc6n5C)C4C(C)(C)C)cc3)ccc2n1C. The molecule has 0 radical (unpaired) electrons. The summed E-state index contributed by atoms with van der Waals surface area (Å²) >= 11 is 0. The number of aromatic nitrogens is 6. The topological polar surface area (TPSA) is 72.9 Å². The molecule has 14 rings (SSSR count). The fourth-order valence-electron chi connectivity index (χ4n) is 17.4. The third-order valence-corrected chi connectivity index (χ3v) is 21.4. The molecule has 3 fully saturated rings. The van der Waals surface area contributed by atoms with Crippen molar-refractivity contribution in [2.75, 3.05) is 29.4 Å². The number of aryl methyl sites for hydroxylation is 5. The van der Waals surface area contributed by atoms with Crippen molar-refractivity contribution >= 4 is 68.0 Å². The standard InChI is InChI=1S/C82H96N12/c1-50(2)72-54(7)89(78-85-67-48-60(41-47-69(67)87(78)17)57-38-44-64(45-39-57)93-73(51(3)4)55(8)90(76(93)81(10,11)12)79-83-65-34-25-26-35-68(65)86(79)16)75(71-52(5)28-27-29-53(71)6)92(72)63-42-36-58(37-43-63)61-40-46-66-70(49-61)88(18)80(84-66)91-56(9)74(59-30-21-19-22-31-59)94(77(91)82(13,14)15)62-32-23-20-24-33-62/h19-51,54-56,72-77H,1-18H3/t54-,55-,56-,72?,73?,74?,75?,76?,77?/m0/s1. The Bertz CT molecular complexity index is 4540. The molecule has 3 saturated heterocycles. The Kier molecular flexibility index (Phi) is 15.6. The smallest absolute Gasteiger partial charge is 0.208 e. The molecule has 3 aliphatic rings. The van der Waals surface area contributed by atoms with Gasteiger partial charge in [0.2, 0.25) is 17.8 Å². The van der Waals surface area contributed by atoms with Gasteiger partial charge < -0.3 is 43.1 Å². The fraction of sp³-hybridized carbons (Fsp3) is 0.378. The van der Waals surface area contributed by atoms with Crippen LogP contribution in [0.1, 0.15) is 124 Å². The van der Waals surface area contributed by atoms with Crippen molar-refractivity contribution in [3.8, 4) is 22.3 Å². The van der Waals surface area contributed by atoms with Crippen molar-refractivity contribution in [3.05, 3.63) is 210 Å². The first-order valence-corrected chi connectivity index (χ1v) is 34.3. The van der Waals surface area contributed by atoms with Crippen molar-refractivity contribution in [2.45, 2.75) is 159 Å². The van der Waals surface area contributed by atoms with Gasteiger partial charge in [0.25, 0.3) is 0 Å². The molecule has 3 aliphatic heterocycles. The van der Waals surface area contributed by atoms with Gasteiger partial charge in [0.1, 0.15) is 18.5 Å². The quantitative estimate of drug-likeness (QED) is 0.119. The molecule has 12 nitrogen and oxygen atoms in total. The Morgan fingerprint density at radius 3 is 1.36 bits per heavy atom. The summed E-state index contributed by atoms with van der Waals surface area (Å²) in [7, 11) is 6.58. The van der Waals surface area contributed by atoms with Gasteiger partial charge in [-0.15, -0.1) is 0 Å². The second-order valence-electron chi connectivity index (χ2n) is 30.4. The minimum atomic E-state index is -0.127. The number of fused-ring (bicyclic) bond motifs is 3. The fourth-order valence-corrected chi connectivity index (χ4v) is 17.4. The molecule has 0 spiro atoms. The number of rotatable bonds is 12. The van der Waals surface area contributed by atoms with Crippen LogP contribution < -0.4 is 29.4 Å². The lowest BCUT2D eigenvalue weighted by molar-refractivity contribution is 0.310. The molecule has 8 aromatic carbocycles. The maximum Gasteiger partial charge on any atom is 0.208 e. The number of hydrogen-bond donors (Lipinski definition) is 0. The number of benzene rings is 8. The highest BCUT2D eigenvalue weighted by atomic mass is 15.5. The van der Waals surface area contributed by atoms with Gasteiger partial charge in [0.05, 0.1) is 69.4 Å². The van der Waals surface area contributed by atoms with Crippen LogP contribution in [0.15, 0.2) is 188 Å². The first kappa shape index (κ1) is 62.4. The molecule has 11 aromatic rings. The van der Waals surface area contributed by atoms with Gasteiger partial charge in [-0.25, -0.2) is 15.0 Å². The normalized spacial score (nSPS) is 22.1. The Morgan fingerprint density at radius 2 is 0.787 bits per heavy atom. The summed E-state index contributed by atoms with van der Waals surface area (Å²) in [5, 5.41) is 0. The third kappa shape index (κ3) is 10.2. The summed E-state index contributed by atoms with van der Waals surface area (Å²) in [5.74, 6) is 3.70. The van der Waals surface area contributed by atoms with E-state index in [1.54, 1.807) is 0 Å². The Morgan fingerprint density at radius 1 is 0.362 bits per heavy atom. The molecule has 0 amide bonds. The van der Waals surface area contributed by atoms with Crippen LogP contribution in [0.5, 0.6) is 0 Å². The van der Waals surface area contributed by atoms with Gasteiger partial charge >= 0.3 is 0 Å². The van der Waals surface area contributed by atoms with Crippen molar-refractivity contribution in [2.24, 2.45) is 43.8 Å². The lowest BCUT2D eigenvalue weighted by Crippen LogP contribution is -2.51. The number of anilines is 6. The van der Waals surface area contributed by atoms with E-state index in [4.69, 9.17) is 15.0 Å². The molecule has 0 aliphatic carbocycles. The lowest BCUT2D eigenvalue weighted by Gasteiger charge is -2.42. The van der Waals surface area contributed by atoms with Crippen molar-refractivity contribution in [1.29, 1.82) is 0 Å². The first-order chi connectivity index (χ1) is 44.9. The van der Waals surface area contributed by atoms with Gasteiger partial charge in [-0.1, -0.05) is 184 Å². The highest BCUT2D eigenvalue weighted by Crippen LogP contribution is 2.52. The molecular weight excluding hydrogens is 1150 g/mol. The minimum absolute atomic E-state index is 0.0295. The molecule has 0 bridgehead atoms. The molecule has 6 unspecified atom stereocenters. The van der Waals surface area contributed by atoms with Gasteiger partial charge in [0.15, 0.2) is 0 Å². The molecule has 484 valence electrons. The van der Waals surface area contributed by atoms with Gasteiger partial charge in [-0.2, -0.15) is 0 Å². The summed E-state index contributed by atoms with van der Waals surface area (Å²) in [5.41, 5.74) is 19.7. The van der Waals surface area contributed by atoms with Crippen molar-refractivity contribution < 1.29 is 0 Å². The van der Waals surface area contributed by atoms with Crippen LogP contribution in [0.25, 0.3) is 55.4 Å². The van der Waals surface area contributed by atoms with Crippen LogP contribution >= 0.6 is 0 Å². The average molecular weight is 1250 g/mol. The van der Waals surface area contributed by atoms with Crippen LogP contribution in [0.4, 0.5) is 34.9 Å². The van der Waals surface area contributed by atoms with E-state index in [2.05, 4.69) is 356 Å². The van der Waals surface area contributed by atoms with E-state index >= 15 is 0 Å². The maximum absolute atomic E-state index is 5.70. The highest BCUT2D eigenvalue weighted by Gasteiger charge is 2.54. The average Bonchev–Trinajstić information content (AvgIpc) is 1.58. The zero-order valence-corrected chi connectivity index (χ0v) is 58.6. The summed E-state index contributed by atoms with van der Waals surface area (Å²) in [6.45, 7) is 35.5. The van der Waals surface area contributed by atoms with E-state index in [1.807, 2.05) is 0 Å². The molecule has 0 saturated carbocycles. The maximum atomic E-state index is 5.70. The predicted octanol–water partition coefficient (Wildman–Crippen LogP) is 18.7. The minimum Gasteiger partial charge on any atom is -0.345 e. The third-order valence-electron chi connectivity index (χ3n) is 21.4. The number of para-hydroxylation sites is 3. The van der Waals surface area contributed by atoms with Crippen LogP contribution in [0, 0.1) is 36.5 Å².